The Bertz CT molecular complexity index is 813. The van der Waals surface area contributed by atoms with Gasteiger partial charge in [0.05, 0.1) is 0 Å². The third-order valence-corrected chi connectivity index (χ3v) is 5.97. The van der Waals surface area contributed by atoms with Gasteiger partial charge in [0.2, 0.25) is 0 Å². The molecule has 2 rings (SSSR count). The van der Waals surface area contributed by atoms with Crippen molar-refractivity contribution >= 4 is 5.57 Å². The number of nitrogens with one attached hydrogen (secondary N) is 1. The first-order valence-corrected chi connectivity index (χ1v) is 10.2. The standard InChI is InChI=1S/C26H39N/c1-16(24-18(3)17(2)20(5)27-24)12-13-21-14-22(25(6,7)8)19(4)23(15-21)26(9,10)11/h14-15,27H,1,12-13H2,2-11H3. The largest absolute Gasteiger partial charge is 0.358 e. The predicted molar refractivity (Wildman–Crippen MR) is 121 cm³/mol. The lowest BCUT2D eigenvalue weighted by Crippen LogP contribution is -2.20. The van der Waals surface area contributed by atoms with Gasteiger partial charge in [0.15, 0.2) is 0 Å². The number of aryl methyl sites for hydroxylation is 2. The van der Waals surface area contributed by atoms with Gasteiger partial charge in [-0.2, -0.15) is 0 Å². The van der Waals surface area contributed by atoms with Crippen LogP contribution in [-0.4, -0.2) is 4.98 Å². The normalized spacial score (nSPS) is 12.5. The van der Waals surface area contributed by atoms with Gasteiger partial charge in [0, 0.05) is 11.4 Å². The van der Waals surface area contributed by atoms with Crippen molar-refractivity contribution in [1.29, 1.82) is 0 Å². The summed E-state index contributed by atoms with van der Waals surface area (Å²) in [5.41, 5.74) is 12.5. The van der Waals surface area contributed by atoms with E-state index in [0.29, 0.717) is 0 Å². The SMILES string of the molecule is C=C(CCc1cc(C(C)(C)C)c(C)c(C(C)(C)C)c1)c1[nH]c(C)c(C)c1C. The summed E-state index contributed by atoms with van der Waals surface area (Å²) >= 11 is 0. The van der Waals surface area contributed by atoms with Crippen LogP contribution in [0.15, 0.2) is 18.7 Å². The van der Waals surface area contributed by atoms with Crippen LogP contribution < -0.4 is 0 Å². The van der Waals surface area contributed by atoms with E-state index in [1.165, 1.54) is 50.3 Å². The third-order valence-electron chi connectivity index (χ3n) is 5.97. The van der Waals surface area contributed by atoms with Crippen LogP contribution in [0.2, 0.25) is 0 Å². The van der Waals surface area contributed by atoms with E-state index in [2.05, 4.69) is 92.9 Å². The van der Waals surface area contributed by atoms with Crippen molar-refractivity contribution < 1.29 is 0 Å². The summed E-state index contributed by atoms with van der Waals surface area (Å²) < 4.78 is 0. The van der Waals surface area contributed by atoms with Crippen molar-refractivity contribution in [2.75, 3.05) is 0 Å². The fourth-order valence-corrected chi connectivity index (χ4v) is 4.09. The summed E-state index contributed by atoms with van der Waals surface area (Å²) in [6.45, 7) is 27.1. The van der Waals surface area contributed by atoms with Crippen molar-refractivity contribution in [1.82, 2.24) is 4.98 Å². The maximum Gasteiger partial charge on any atom is 0.0441 e. The summed E-state index contributed by atoms with van der Waals surface area (Å²) in [6.07, 6.45) is 2.01. The molecule has 27 heavy (non-hydrogen) atoms. The molecule has 0 saturated heterocycles. The Morgan fingerprint density at radius 2 is 1.30 bits per heavy atom. The molecule has 0 amide bonds. The van der Waals surface area contributed by atoms with Crippen molar-refractivity contribution in [3.8, 4) is 0 Å². The van der Waals surface area contributed by atoms with E-state index in [1.807, 2.05) is 0 Å². The van der Waals surface area contributed by atoms with Crippen LogP contribution in [0, 0.1) is 27.7 Å². The molecular weight excluding hydrogens is 326 g/mol. The van der Waals surface area contributed by atoms with Gasteiger partial charge in [-0.3, -0.25) is 0 Å². The summed E-state index contributed by atoms with van der Waals surface area (Å²) in [6, 6.07) is 4.85. The summed E-state index contributed by atoms with van der Waals surface area (Å²) in [4.78, 5) is 3.53. The average Bonchev–Trinajstić information content (AvgIpc) is 2.79. The molecule has 1 aromatic carbocycles. The number of aromatic nitrogens is 1. The maximum absolute atomic E-state index is 4.38. The third kappa shape index (κ3) is 4.57. The molecular formula is C26H39N. The van der Waals surface area contributed by atoms with Crippen molar-refractivity contribution in [2.24, 2.45) is 0 Å². The highest BCUT2D eigenvalue weighted by molar-refractivity contribution is 5.65. The average molecular weight is 366 g/mol. The predicted octanol–water partition coefficient (Wildman–Crippen LogP) is 7.49. The molecule has 1 aromatic heterocycles. The van der Waals surface area contributed by atoms with Crippen LogP contribution in [-0.2, 0) is 17.3 Å². The van der Waals surface area contributed by atoms with E-state index in [4.69, 9.17) is 0 Å². The molecule has 2 aromatic rings. The Balaban J connectivity index is 2.36. The highest BCUT2D eigenvalue weighted by Gasteiger charge is 2.24. The van der Waals surface area contributed by atoms with E-state index < -0.39 is 0 Å². The van der Waals surface area contributed by atoms with Crippen LogP contribution in [0.1, 0.15) is 92.7 Å². The Morgan fingerprint density at radius 3 is 1.67 bits per heavy atom. The lowest BCUT2D eigenvalue weighted by atomic mass is 9.75. The molecule has 0 fully saturated rings. The van der Waals surface area contributed by atoms with Gasteiger partial charge in [-0.1, -0.05) is 60.3 Å². The van der Waals surface area contributed by atoms with Gasteiger partial charge in [0.25, 0.3) is 0 Å². The molecule has 0 spiro atoms. The minimum absolute atomic E-state index is 0.154. The zero-order valence-corrected chi connectivity index (χ0v) is 19.3. The van der Waals surface area contributed by atoms with E-state index in [-0.39, 0.29) is 10.8 Å². The maximum atomic E-state index is 4.38. The number of benzene rings is 1. The van der Waals surface area contributed by atoms with Crippen molar-refractivity contribution in [3.05, 3.63) is 63.5 Å². The second-order valence-corrected chi connectivity index (χ2v) is 10.3. The quantitative estimate of drug-likeness (QED) is 0.577. The Labute approximate surface area is 167 Å². The first-order valence-electron chi connectivity index (χ1n) is 10.2. The highest BCUT2D eigenvalue weighted by Crippen LogP contribution is 2.35. The van der Waals surface area contributed by atoms with E-state index in [0.717, 1.165) is 12.8 Å². The highest BCUT2D eigenvalue weighted by atomic mass is 14.7. The number of hydrogen-bond acceptors (Lipinski definition) is 0. The molecule has 0 unspecified atom stereocenters. The van der Waals surface area contributed by atoms with Crippen LogP contribution in [0.4, 0.5) is 0 Å². The van der Waals surface area contributed by atoms with E-state index >= 15 is 0 Å². The molecule has 0 saturated carbocycles. The van der Waals surface area contributed by atoms with Crippen molar-refractivity contribution in [3.63, 3.8) is 0 Å². The molecule has 1 N–H and O–H groups in total. The Hall–Kier alpha value is -1.76. The molecule has 1 heterocycles. The fraction of sp³-hybridized carbons (Fsp3) is 0.538. The van der Waals surface area contributed by atoms with Gasteiger partial charge in [0.1, 0.15) is 0 Å². The molecule has 0 aliphatic rings. The van der Waals surface area contributed by atoms with Crippen LogP contribution in [0.3, 0.4) is 0 Å². The zero-order chi connectivity index (χ0) is 20.7. The number of allylic oxidation sites excluding steroid dienone is 1. The summed E-state index contributed by atoms with van der Waals surface area (Å²) in [5, 5.41) is 0. The van der Waals surface area contributed by atoms with Crippen molar-refractivity contribution in [2.45, 2.75) is 92.9 Å². The van der Waals surface area contributed by atoms with Gasteiger partial charge in [-0.15, -0.1) is 0 Å². The second-order valence-electron chi connectivity index (χ2n) is 10.3. The van der Waals surface area contributed by atoms with Crippen LogP contribution >= 0.6 is 0 Å². The Kier molecular flexibility index (Phi) is 5.85. The fourth-order valence-electron chi connectivity index (χ4n) is 4.09. The first-order chi connectivity index (χ1) is 12.2. The van der Waals surface area contributed by atoms with E-state index in [9.17, 15) is 0 Å². The lowest BCUT2D eigenvalue weighted by Gasteiger charge is -2.30. The topological polar surface area (TPSA) is 15.8 Å². The monoisotopic (exact) mass is 365 g/mol. The lowest BCUT2D eigenvalue weighted by molar-refractivity contribution is 0.559. The minimum atomic E-state index is 0.154. The van der Waals surface area contributed by atoms with Gasteiger partial charge in [-0.05, 0) is 90.3 Å². The number of aromatic amines is 1. The van der Waals surface area contributed by atoms with Gasteiger partial charge < -0.3 is 4.98 Å². The Morgan fingerprint density at radius 1 is 0.815 bits per heavy atom. The van der Waals surface area contributed by atoms with E-state index in [1.54, 1.807) is 0 Å². The zero-order valence-electron chi connectivity index (χ0n) is 19.3. The number of rotatable bonds is 4. The molecule has 0 aliphatic carbocycles. The summed E-state index contributed by atoms with van der Waals surface area (Å²) in [5.74, 6) is 0. The summed E-state index contributed by atoms with van der Waals surface area (Å²) in [7, 11) is 0. The second kappa shape index (κ2) is 7.34. The van der Waals surface area contributed by atoms with Crippen LogP contribution in [0.25, 0.3) is 5.57 Å². The van der Waals surface area contributed by atoms with Crippen LogP contribution in [0.5, 0.6) is 0 Å². The molecule has 0 bridgehead atoms. The molecule has 0 atom stereocenters. The smallest absolute Gasteiger partial charge is 0.0441 e. The minimum Gasteiger partial charge on any atom is -0.358 e. The number of H-pyrrole nitrogens is 1. The molecule has 1 heteroatoms. The number of hydrogen-bond donors (Lipinski definition) is 1. The molecule has 148 valence electrons. The molecule has 0 radical (unpaired) electrons. The molecule has 1 nitrogen and oxygen atoms in total. The van der Waals surface area contributed by atoms with Gasteiger partial charge in [-0.25, -0.2) is 0 Å². The molecule has 0 aliphatic heterocycles. The first kappa shape index (κ1) is 21.5. The van der Waals surface area contributed by atoms with Gasteiger partial charge >= 0.3 is 0 Å².